The van der Waals surface area contributed by atoms with Crippen LogP contribution in [0.4, 0.5) is 0 Å². The Balaban J connectivity index is 2.84. The zero-order valence-electron chi connectivity index (χ0n) is 9.82. The van der Waals surface area contributed by atoms with E-state index in [0.717, 1.165) is 30.8 Å². The maximum absolute atomic E-state index is 5.69. The van der Waals surface area contributed by atoms with Crippen LogP contribution in [0.3, 0.4) is 0 Å². The molecule has 84 valence electrons. The molecule has 0 N–H and O–H groups in total. The van der Waals surface area contributed by atoms with Crippen LogP contribution in [0.15, 0.2) is 24.3 Å². The normalized spacial score (nSPS) is 12.5. The summed E-state index contributed by atoms with van der Waals surface area (Å²) in [5.41, 5.74) is 1.15. The molecular formula is C13H20O2. The number of rotatable bonds is 6. The number of hydrogen-bond donors (Lipinski definition) is 0. The van der Waals surface area contributed by atoms with E-state index in [-0.39, 0.29) is 6.10 Å². The Hall–Kier alpha value is -1.02. The van der Waals surface area contributed by atoms with Crippen molar-refractivity contribution in [1.29, 1.82) is 0 Å². The first-order valence-corrected chi connectivity index (χ1v) is 5.58. The van der Waals surface area contributed by atoms with Gasteiger partial charge in [-0.2, -0.15) is 0 Å². The minimum atomic E-state index is 0.137. The average Bonchev–Trinajstić information content (AvgIpc) is 2.29. The van der Waals surface area contributed by atoms with Crippen LogP contribution in [0.25, 0.3) is 0 Å². The lowest BCUT2D eigenvalue weighted by Crippen LogP contribution is -2.04. The van der Waals surface area contributed by atoms with Gasteiger partial charge in [0.25, 0.3) is 0 Å². The molecular weight excluding hydrogens is 188 g/mol. The molecule has 2 nitrogen and oxygen atoms in total. The fraction of sp³-hybridized carbons (Fsp3) is 0.538. The van der Waals surface area contributed by atoms with Gasteiger partial charge in [-0.05, 0) is 18.9 Å². The van der Waals surface area contributed by atoms with Crippen molar-refractivity contribution >= 4 is 0 Å². The summed E-state index contributed by atoms with van der Waals surface area (Å²) in [4.78, 5) is 0. The number of methoxy groups -OCH3 is 1. The van der Waals surface area contributed by atoms with E-state index in [9.17, 15) is 0 Å². The van der Waals surface area contributed by atoms with Crippen molar-refractivity contribution in [3.63, 3.8) is 0 Å². The molecule has 1 aromatic rings. The summed E-state index contributed by atoms with van der Waals surface area (Å²) >= 11 is 0. The second kappa shape index (κ2) is 6.46. The Bertz CT molecular complexity index is 280. The lowest BCUT2D eigenvalue weighted by Gasteiger charge is -2.17. The molecule has 2 heteroatoms. The van der Waals surface area contributed by atoms with E-state index in [1.807, 2.05) is 18.2 Å². The van der Waals surface area contributed by atoms with Gasteiger partial charge in [-0.25, -0.2) is 0 Å². The second-order valence-electron chi connectivity index (χ2n) is 3.52. The predicted molar refractivity (Wildman–Crippen MR) is 62.3 cm³/mol. The van der Waals surface area contributed by atoms with Crippen LogP contribution in [-0.2, 0) is 4.74 Å². The molecule has 0 saturated heterocycles. The number of benzene rings is 1. The molecule has 0 radical (unpaired) electrons. The molecule has 0 aliphatic rings. The number of para-hydroxylation sites is 1. The lowest BCUT2D eigenvalue weighted by atomic mass is 10.1. The molecule has 0 saturated carbocycles. The molecule has 0 aliphatic heterocycles. The van der Waals surface area contributed by atoms with Gasteiger partial charge in [0.2, 0.25) is 0 Å². The molecule has 0 aromatic heterocycles. The summed E-state index contributed by atoms with van der Waals surface area (Å²) in [6.07, 6.45) is 2.12. The van der Waals surface area contributed by atoms with Crippen molar-refractivity contribution in [3.8, 4) is 5.75 Å². The van der Waals surface area contributed by atoms with Crippen molar-refractivity contribution in [2.75, 3.05) is 13.7 Å². The molecule has 15 heavy (non-hydrogen) atoms. The minimum absolute atomic E-state index is 0.137. The van der Waals surface area contributed by atoms with Gasteiger partial charge in [-0.15, -0.1) is 0 Å². The first-order valence-electron chi connectivity index (χ1n) is 5.58. The highest BCUT2D eigenvalue weighted by molar-refractivity contribution is 5.35. The van der Waals surface area contributed by atoms with Gasteiger partial charge >= 0.3 is 0 Å². The zero-order valence-corrected chi connectivity index (χ0v) is 9.82. The predicted octanol–water partition coefficient (Wildman–Crippen LogP) is 3.57. The molecule has 0 amide bonds. The third kappa shape index (κ3) is 3.24. The van der Waals surface area contributed by atoms with Crippen LogP contribution in [-0.4, -0.2) is 13.7 Å². The summed E-state index contributed by atoms with van der Waals surface area (Å²) in [6, 6.07) is 8.10. The number of ether oxygens (including phenoxy) is 2. The van der Waals surface area contributed by atoms with Gasteiger partial charge in [0.1, 0.15) is 5.75 Å². The first kappa shape index (κ1) is 12.1. The summed E-state index contributed by atoms with van der Waals surface area (Å²) in [5.74, 6) is 0.952. The molecule has 1 rings (SSSR count). The third-order valence-corrected chi connectivity index (χ3v) is 2.38. The number of hydrogen-bond acceptors (Lipinski definition) is 2. The van der Waals surface area contributed by atoms with E-state index < -0.39 is 0 Å². The van der Waals surface area contributed by atoms with E-state index in [2.05, 4.69) is 19.9 Å². The summed E-state index contributed by atoms with van der Waals surface area (Å²) in [6.45, 7) is 4.98. The Morgan fingerprint density at radius 1 is 1.20 bits per heavy atom. The molecule has 0 spiro atoms. The van der Waals surface area contributed by atoms with E-state index in [1.54, 1.807) is 7.11 Å². The van der Waals surface area contributed by atoms with E-state index in [0.29, 0.717) is 0 Å². The van der Waals surface area contributed by atoms with E-state index >= 15 is 0 Å². The average molecular weight is 208 g/mol. The standard InChI is InChI=1S/C13H20O2/c1-4-10-15-13-9-7-6-8-11(13)12(5-2)14-3/h6-9,12H,4-5,10H2,1-3H3. The zero-order chi connectivity index (χ0) is 11.1. The fourth-order valence-corrected chi connectivity index (χ4v) is 1.60. The minimum Gasteiger partial charge on any atom is -0.493 e. The molecule has 0 heterocycles. The molecule has 0 aliphatic carbocycles. The maximum atomic E-state index is 5.69. The van der Waals surface area contributed by atoms with Crippen LogP contribution < -0.4 is 4.74 Å². The topological polar surface area (TPSA) is 18.5 Å². The lowest BCUT2D eigenvalue weighted by molar-refractivity contribution is 0.0967. The van der Waals surface area contributed by atoms with Crippen molar-refractivity contribution in [2.24, 2.45) is 0 Å². The van der Waals surface area contributed by atoms with Crippen LogP contribution in [0.2, 0.25) is 0 Å². The van der Waals surface area contributed by atoms with Gasteiger partial charge in [-0.3, -0.25) is 0 Å². The summed E-state index contributed by atoms with van der Waals surface area (Å²) in [7, 11) is 1.74. The molecule has 1 unspecified atom stereocenters. The molecule has 1 aromatic carbocycles. The Morgan fingerprint density at radius 3 is 2.53 bits per heavy atom. The Kier molecular flexibility index (Phi) is 5.19. The first-order chi connectivity index (χ1) is 7.33. The van der Waals surface area contributed by atoms with Gasteiger partial charge < -0.3 is 9.47 Å². The third-order valence-electron chi connectivity index (χ3n) is 2.38. The smallest absolute Gasteiger partial charge is 0.125 e. The van der Waals surface area contributed by atoms with Crippen molar-refractivity contribution in [3.05, 3.63) is 29.8 Å². The van der Waals surface area contributed by atoms with Crippen LogP contribution in [0.1, 0.15) is 38.4 Å². The maximum Gasteiger partial charge on any atom is 0.125 e. The Morgan fingerprint density at radius 2 is 1.93 bits per heavy atom. The van der Waals surface area contributed by atoms with Crippen LogP contribution in [0.5, 0.6) is 5.75 Å². The van der Waals surface area contributed by atoms with Crippen LogP contribution in [0, 0.1) is 0 Å². The van der Waals surface area contributed by atoms with Gasteiger partial charge in [-0.1, -0.05) is 32.0 Å². The summed E-state index contributed by atoms with van der Waals surface area (Å²) < 4.78 is 11.1. The van der Waals surface area contributed by atoms with E-state index in [4.69, 9.17) is 9.47 Å². The molecule has 1 atom stereocenters. The summed E-state index contributed by atoms with van der Waals surface area (Å²) in [5, 5.41) is 0. The highest BCUT2D eigenvalue weighted by Gasteiger charge is 2.12. The quantitative estimate of drug-likeness (QED) is 0.711. The van der Waals surface area contributed by atoms with E-state index in [1.165, 1.54) is 0 Å². The van der Waals surface area contributed by atoms with Crippen molar-refractivity contribution < 1.29 is 9.47 Å². The SMILES string of the molecule is CCCOc1ccccc1C(CC)OC. The monoisotopic (exact) mass is 208 g/mol. The Labute approximate surface area is 92.2 Å². The fourth-order valence-electron chi connectivity index (χ4n) is 1.60. The van der Waals surface area contributed by atoms with Crippen molar-refractivity contribution in [2.45, 2.75) is 32.8 Å². The van der Waals surface area contributed by atoms with Gasteiger partial charge in [0.05, 0.1) is 12.7 Å². The van der Waals surface area contributed by atoms with Gasteiger partial charge in [0, 0.05) is 12.7 Å². The largest absolute Gasteiger partial charge is 0.493 e. The molecule has 0 fully saturated rings. The van der Waals surface area contributed by atoms with Crippen LogP contribution >= 0.6 is 0 Å². The highest BCUT2D eigenvalue weighted by atomic mass is 16.5. The highest BCUT2D eigenvalue weighted by Crippen LogP contribution is 2.29. The van der Waals surface area contributed by atoms with Crippen molar-refractivity contribution in [1.82, 2.24) is 0 Å². The van der Waals surface area contributed by atoms with Gasteiger partial charge in [0.15, 0.2) is 0 Å². The molecule has 0 bridgehead atoms. The second-order valence-corrected chi connectivity index (χ2v) is 3.52.